The highest BCUT2D eigenvalue weighted by atomic mass is 32.1. The molecule has 10 heteroatoms. The number of carbonyl (C=O) groups is 1. The third-order valence-electron chi connectivity index (χ3n) is 5.27. The van der Waals surface area contributed by atoms with Gasteiger partial charge in [-0.2, -0.15) is 13.2 Å². The van der Waals surface area contributed by atoms with E-state index in [0.717, 1.165) is 17.0 Å². The number of thiophene rings is 1. The second-order valence-corrected chi connectivity index (χ2v) is 8.34. The summed E-state index contributed by atoms with van der Waals surface area (Å²) in [5, 5.41) is 13.3. The highest BCUT2D eigenvalue weighted by Gasteiger charge is 2.35. The molecule has 31 heavy (non-hydrogen) atoms. The van der Waals surface area contributed by atoms with E-state index >= 15 is 0 Å². The smallest absolute Gasteiger partial charge is 0.366 e. The molecule has 0 spiro atoms. The highest BCUT2D eigenvalue weighted by Crippen LogP contribution is 2.38. The van der Waals surface area contributed by atoms with Gasteiger partial charge in [0.15, 0.2) is 0 Å². The average Bonchev–Trinajstić information content (AvgIpc) is 3.25. The zero-order valence-electron chi connectivity index (χ0n) is 16.7. The molecule has 1 aliphatic heterocycles. The second kappa shape index (κ2) is 9.51. The quantitative estimate of drug-likeness (QED) is 0.332. The lowest BCUT2D eigenvalue weighted by molar-refractivity contribution is -0.384. The lowest BCUT2D eigenvalue weighted by atomic mass is 9.94. The van der Waals surface area contributed by atoms with Crippen molar-refractivity contribution >= 4 is 28.6 Å². The van der Waals surface area contributed by atoms with Gasteiger partial charge in [0.2, 0.25) is 5.91 Å². The number of halogens is 3. The molecule has 0 radical (unpaired) electrons. The van der Waals surface area contributed by atoms with E-state index in [1.807, 2.05) is 17.5 Å². The standard InChI is InChI=1S/C21H22F3N3O3S/c1-2-9-26(14-17-4-3-12-31-17)20(28)15-7-10-25(11-8-15)18-6-5-16(21(22,23)24)13-19(18)27(29)30/h2-6,12-13,15H,1,7-11,14H2. The van der Waals surface area contributed by atoms with Crippen LogP contribution in [-0.4, -0.2) is 35.4 Å². The van der Waals surface area contributed by atoms with Crippen LogP contribution in [0, 0.1) is 16.0 Å². The first kappa shape index (κ1) is 22.8. The normalized spacial score (nSPS) is 15.0. The lowest BCUT2D eigenvalue weighted by Gasteiger charge is -2.35. The summed E-state index contributed by atoms with van der Waals surface area (Å²) in [4.78, 5) is 28.1. The molecule has 0 bridgehead atoms. The number of hydrogen-bond donors (Lipinski definition) is 0. The molecule has 166 valence electrons. The van der Waals surface area contributed by atoms with Crippen LogP contribution in [0.25, 0.3) is 0 Å². The first-order valence-electron chi connectivity index (χ1n) is 9.73. The van der Waals surface area contributed by atoms with E-state index in [1.165, 1.54) is 0 Å². The first-order chi connectivity index (χ1) is 14.7. The molecule has 1 aromatic heterocycles. The largest absolute Gasteiger partial charge is 0.416 e. The molecule has 2 aromatic rings. The Morgan fingerprint density at radius 1 is 1.32 bits per heavy atom. The maximum Gasteiger partial charge on any atom is 0.416 e. The number of amides is 1. The van der Waals surface area contributed by atoms with Crippen LogP contribution in [0.15, 0.2) is 48.4 Å². The molecule has 0 N–H and O–H groups in total. The van der Waals surface area contributed by atoms with Crippen LogP contribution in [0.5, 0.6) is 0 Å². The number of benzene rings is 1. The molecule has 0 atom stereocenters. The van der Waals surface area contributed by atoms with Gasteiger partial charge in [-0.3, -0.25) is 14.9 Å². The van der Waals surface area contributed by atoms with Crippen molar-refractivity contribution in [3.05, 3.63) is 68.9 Å². The third kappa shape index (κ3) is 5.43. The fourth-order valence-corrected chi connectivity index (χ4v) is 4.44. The Kier molecular flexibility index (Phi) is 6.99. The van der Waals surface area contributed by atoms with Crippen LogP contribution < -0.4 is 4.90 Å². The minimum atomic E-state index is -4.65. The molecule has 1 fully saturated rings. The fraction of sp³-hybridized carbons (Fsp3) is 0.381. The van der Waals surface area contributed by atoms with Crippen LogP contribution in [0.4, 0.5) is 24.5 Å². The van der Waals surface area contributed by atoms with E-state index in [9.17, 15) is 28.1 Å². The van der Waals surface area contributed by atoms with Gasteiger partial charge in [0, 0.05) is 36.5 Å². The molecule has 1 aromatic carbocycles. The van der Waals surface area contributed by atoms with Crippen molar-refractivity contribution in [3.63, 3.8) is 0 Å². The minimum absolute atomic E-state index is 0.00475. The second-order valence-electron chi connectivity index (χ2n) is 7.31. The number of rotatable bonds is 7. The van der Waals surface area contributed by atoms with Crippen LogP contribution in [0.2, 0.25) is 0 Å². The molecule has 1 amide bonds. The zero-order valence-corrected chi connectivity index (χ0v) is 17.5. The summed E-state index contributed by atoms with van der Waals surface area (Å²) in [5.74, 6) is -0.250. The van der Waals surface area contributed by atoms with Gasteiger partial charge in [0.05, 0.1) is 17.0 Å². The van der Waals surface area contributed by atoms with Crippen molar-refractivity contribution < 1.29 is 22.9 Å². The predicted octanol–water partition coefficient (Wildman–Crippen LogP) is 5.11. The number of nitro benzene ring substituents is 1. The van der Waals surface area contributed by atoms with Gasteiger partial charge in [0.25, 0.3) is 5.69 Å². The van der Waals surface area contributed by atoms with Crippen molar-refractivity contribution in [2.75, 3.05) is 24.5 Å². The van der Waals surface area contributed by atoms with E-state index in [0.29, 0.717) is 45.1 Å². The third-order valence-corrected chi connectivity index (χ3v) is 6.13. The maximum absolute atomic E-state index is 13.0. The molecule has 3 rings (SSSR count). The van der Waals surface area contributed by atoms with Gasteiger partial charge >= 0.3 is 6.18 Å². The number of alkyl halides is 3. The van der Waals surface area contributed by atoms with Crippen LogP contribution >= 0.6 is 11.3 Å². The van der Waals surface area contributed by atoms with Gasteiger partial charge in [0.1, 0.15) is 5.69 Å². The van der Waals surface area contributed by atoms with Crippen LogP contribution in [0.3, 0.4) is 0 Å². The molecule has 1 saturated heterocycles. The summed E-state index contributed by atoms with van der Waals surface area (Å²) in [5.41, 5.74) is -1.49. The number of hydrogen-bond acceptors (Lipinski definition) is 5. The van der Waals surface area contributed by atoms with E-state index in [-0.39, 0.29) is 17.5 Å². The summed E-state index contributed by atoms with van der Waals surface area (Å²) >= 11 is 1.57. The number of nitro groups is 1. The van der Waals surface area contributed by atoms with E-state index in [4.69, 9.17) is 0 Å². The summed E-state index contributed by atoms with van der Waals surface area (Å²) in [6, 6.07) is 6.45. The molecule has 6 nitrogen and oxygen atoms in total. The van der Waals surface area contributed by atoms with Gasteiger partial charge in [-0.1, -0.05) is 12.1 Å². The monoisotopic (exact) mass is 453 g/mol. The molecule has 1 aliphatic rings. The SMILES string of the molecule is C=CCN(Cc1cccs1)C(=O)C1CCN(c2ccc(C(F)(F)F)cc2[N+](=O)[O-])CC1. The van der Waals surface area contributed by atoms with E-state index in [1.54, 1.807) is 27.2 Å². The predicted molar refractivity (Wildman–Crippen MR) is 113 cm³/mol. The van der Waals surface area contributed by atoms with Gasteiger partial charge < -0.3 is 9.80 Å². The molecular weight excluding hydrogens is 431 g/mol. The van der Waals surface area contributed by atoms with E-state index in [2.05, 4.69) is 6.58 Å². The molecule has 2 heterocycles. The lowest BCUT2D eigenvalue weighted by Crippen LogP contribution is -2.42. The van der Waals surface area contributed by atoms with Crippen molar-refractivity contribution in [2.45, 2.75) is 25.6 Å². The summed E-state index contributed by atoms with van der Waals surface area (Å²) < 4.78 is 38.8. The van der Waals surface area contributed by atoms with Crippen molar-refractivity contribution in [3.8, 4) is 0 Å². The van der Waals surface area contributed by atoms with Crippen LogP contribution in [0.1, 0.15) is 23.3 Å². The Bertz CT molecular complexity index is 939. The average molecular weight is 453 g/mol. The maximum atomic E-state index is 13.0. The molecule has 0 saturated carbocycles. The van der Waals surface area contributed by atoms with Gasteiger partial charge in [-0.25, -0.2) is 0 Å². The van der Waals surface area contributed by atoms with Gasteiger partial charge in [-0.05, 0) is 36.4 Å². The fourth-order valence-electron chi connectivity index (χ4n) is 3.72. The Morgan fingerprint density at radius 3 is 2.58 bits per heavy atom. The topological polar surface area (TPSA) is 66.7 Å². The van der Waals surface area contributed by atoms with Crippen molar-refractivity contribution in [2.24, 2.45) is 5.92 Å². The number of anilines is 1. The zero-order chi connectivity index (χ0) is 22.6. The number of nitrogens with zero attached hydrogens (tertiary/aromatic N) is 3. The summed E-state index contributed by atoms with van der Waals surface area (Å²) in [6.07, 6.45) is -2.05. The Labute approximate surface area is 181 Å². The molecule has 0 aliphatic carbocycles. The minimum Gasteiger partial charge on any atom is -0.366 e. The Balaban J connectivity index is 1.70. The van der Waals surface area contributed by atoms with Crippen molar-refractivity contribution in [1.29, 1.82) is 0 Å². The number of carbonyl (C=O) groups excluding carboxylic acids is 1. The van der Waals surface area contributed by atoms with Crippen molar-refractivity contribution in [1.82, 2.24) is 4.90 Å². The Morgan fingerprint density at radius 2 is 2.03 bits per heavy atom. The Hall–Kier alpha value is -2.88. The molecule has 0 unspecified atom stereocenters. The van der Waals surface area contributed by atoms with Gasteiger partial charge in [-0.15, -0.1) is 17.9 Å². The summed E-state index contributed by atoms with van der Waals surface area (Å²) in [7, 11) is 0. The highest BCUT2D eigenvalue weighted by molar-refractivity contribution is 7.09. The number of piperidine rings is 1. The molecular formula is C21H22F3N3O3S. The summed E-state index contributed by atoms with van der Waals surface area (Å²) in [6.45, 7) is 5.33. The first-order valence-corrected chi connectivity index (χ1v) is 10.6. The van der Waals surface area contributed by atoms with Crippen LogP contribution in [-0.2, 0) is 17.5 Å². The van der Waals surface area contributed by atoms with E-state index < -0.39 is 22.4 Å².